The van der Waals surface area contributed by atoms with Crippen molar-refractivity contribution >= 4 is 15.8 Å². The lowest BCUT2D eigenvalue weighted by atomic mass is 10.0. The SMILES string of the molecule is O=C(O)C(CCCc1ccccc1)CS(=O)(=O)c1ccc2c(c1)OCO2. The Morgan fingerprint density at radius 2 is 1.81 bits per heavy atom. The molecule has 1 N–H and O–H groups in total. The second-order valence-corrected chi connectivity index (χ2v) is 8.24. The fourth-order valence-corrected chi connectivity index (χ4v) is 4.50. The molecule has 2 aromatic rings. The molecule has 0 saturated heterocycles. The third-order valence-electron chi connectivity index (χ3n) is 4.33. The fourth-order valence-electron chi connectivity index (χ4n) is 2.91. The zero-order chi connectivity index (χ0) is 18.6. The summed E-state index contributed by atoms with van der Waals surface area (Å²) in [7, 11) is -3.74. The van der Waals surface area contributed by atoms with Gasteiger partial charge < -0.3 is 14.6 Å². The van der Waals surface area contributed by atoms with Gasteiger partial charge in [-0.1, -0.05) is 30.3 Å². The van der Waals surface area contributed by atoms with E-state index >= 15 is 0 Å². The van der Waals surface area contributed by atoms with E-state index in [1.807, 2.05) is 30.3 Å². The number of carboxylic acids is 1. The van der Waals surface area contributed by atoms with E-state index in [0.29, 0.717) is 30.8 Å². The molecule has 138 valence electrons. The number of sulfone groups is 1. The number of aryl methyl sites for hydroxylation is 1. The molecule has 1 aliphatic heterocycles. The van der Waals surface area contributed by atoms with Crippen LogP contribution in [-0.4, -0.2) is 32.0 Å². The molecule has 1 atom stereocenters. The molecule has 0 saturated carbocycles. The van der Waals surface area contributed by atoms with Crippen LogP contribution in [0.3, 0.4) is 0 Å². The largest absolute Gasteiger partial charge is 0.481 e. The van der Waals surface area contributed by atoms with Gasteiger partial charge in [0, 0.05) is 6.07 Å². The Balaban J connectivity index is 1.65. The molecule has 1 unspecified atom stereocenters. The lowest BCUT2D eigenvalue weighted by Gasteiger charge is -2.13. The van der Waals surface area contributed by atoms with Crippen molar-refractivity contribution < 1.29 is 27.8 Å². The molecule has 0 bridgehead atoms. The number of hydrogen-bond acceptors (Lipinski definition) is 5. The number of benzene rings is 2. The molecule has 6 nitrogen and oxygen atoms in total. The van der Waals surface area contributed by atoms with Crippen LogP contribution in [0.2, 0.25) is 0 Å². The summed E-state index contributed by atoms with van der Waals surface area (Å²) in [5, 5.41) is 9.43. The van der Waals surface area contributed by atoms with Crippen molar-refractivity contribution in [3.63, 3.8) is 0 Å². The highest BCUT2D eigenvalue weighted by atomic mass is 32.2. The molecule has 26 heavy (non-hydrogen) atoms. The second-order valence-electron chi connectivity index (χ2n) is 6.21. The van der Waals surface area contributed by atoms with Crippen LogP contribution in [0.15, 0.2) is 53.4 Å². The van der Waals surface area contributed by atoms with Crippen molar-refractivity contribution in [2.75, 3.05) is 12.5 Å². The van der Waals surface area contributed by atoms with Gasteiger partial charge in [-0.3, -0.25) is 4.79 Å². The van der Waals surface area contributed by atoms with Crippen LogP contribution in [0, 0.1) is 5.92 Å². The monoisotopic (exact) mass is 376 g/mol. The summed E-state index contributed by atoms with van der Waals surface area (Å²) in [6, 6.07) is 14.1. The highest BCUT2D eigenvalue weighted by Gasteiger charge is 2.27. The predicted molar refractivity (Wildman–Crippen MR) is 95.1 cm³/mol. The summed E-state index contributed by atoms with van der Waals surface area (Å²) in [4.78, 5) is 11.6. The van der Waals surface area contributed by atoms with Gasteiger partial charge in [-0.05, 0) is 37.0 Å². The third-order valence-corrected chi connectivity index (χ3v) is 6.15. The van der Waals surface area contributed by atoms with Gasteiger partial charge >= 0.3 is 5.97 Å². The van der Waals surface area contributed by atoms with E-state index in [-0.39, 0.29) is 11.7 Å². The van der Waals surface area contributed by atoms with Crippen molar-refractivity contribution in [1.82, 2.24) is 0 Å². The lowest BCUT2D eigenvalue weighted by Crippen LogP contribution is -2.24. The number of aliphatic carboxylic acids is 1. The quantitative estimate of drug-likeness (QED) is 0.762. The second kappa shape index (κ2) is 7.78. The lowest BCUT2D eigenvalue weighted by molar-refractivity contribution is -0.141. The minimum Gasteiger partial charge on any atom is -0.481 e. The maximum atomic E-state index is 12.6. The van der Waals surface area contributed by atoms with E-state index < -0.39 is 27.5 Å². The topological polar surface area (TPSA) is 89.9 Å². The molecule has 0 aliphatic carbocycles. The maximum absolute atomic E-state index is 12.6. The number of carbonyl (C=O) groups is 1. The zero-order valence-electron chi connectivity index (χ0n) is 14.1. The number of fused-ring (bicyclic) bond motifs is 1. The molecule has 2 aromatic carbocycles. The molecule has 1 heterocycles. The highest BCUT2D eigenvalue weighted by Crippen LogP contribution is 2.34. The number of carboxylic acid groups (broad SMARTS) is 1. The van der Waals surface area contributed by atoms with Gasteiger partial charge in [0.05, 0.1) is 16.6 Å². The number of ether oxygens (including phenoxy) is 2. The zero-order valence-corrected chi connectivity index (χ0v) is 14.9. The normalized spacial score (nSPS) is 14.2. The Hall–Kier alpha value is -2.54. The Labute approximate surface area is 152 Å². The van der Waals surface area contributed by atoms with Crippen LogP contribution >= 0.6 is 0 Å². The van der Waals surface area contributed by atoms with E-state index in [4.69, 9.17) is 9.47 Å². The van der Waals surface area contributed by atoms with Gasteiger partial charge in [0.15, 0.2) is 21.3 Å². The molecule has 0 aromatic heterocycles. The molecular formula is C19H20O6S. The minimum absolute atomic E-state index is 0.0517. The van der Waals surface area contributed by atoms with E-state index in [1.54, 1.807) is 0 Å². The fraction of sp³-hybridized carbons (Fsp3) is 0.316. The average Bonchev–Trinajstić information content (AvgIpc) is 3.09. The highest BCUT2D eigenvalue weighted by molar-refractivity contribution is 7.91. The van der Waals surface area contributed by atoms with Crippen LogP contribution in [0.1, 0.15) is 18.4 Å². The van der Waals surface area contributed by atoms with E-state index in [9.17, 15) is 18.3 Å². The van der Waals surface area contributed by atoms with Crippen molar-refractivity contribution in [3.8, 4) is 11.5 Å². The van der Waals surface area contributed by atoms with Crippen LogP contribution in [0.5, 0.6) is 11.5 Å². The van der Waals surface area contributed by atoms with Gasteiger partial charge in [-0.25, -0.2) is 8.42 Å². The number of rotatable bonds is 8. The van der Waals surface area contributed by atoms with Crippen molar-refractivity contribution in [3.05, 3.63) is 54.1 Å². The molecule has 0 fully saturated rings. The van der Waals surface area contributed by atoms with E-state index in [0.717, 1.165) is 5.56 Å². The van der Waals surface area contributed by atoms with Crippen LogP contribution in [0.25, 0.3) is 0 Å². The summed E-state index contributed by atoms with van der Waals surface area (Å²) >= 11 is 0. The first-order valence-corrected chi connectivity index (χ1v) is 10.00. The van der Waals surface area contributed by atoms with Crippen molar-refractivity contribution in [1.29, 1.82) is 0 Å². The molecular weight excluding hydrogens is 356 g/mol. The Kier molecular flexibility index (Phi) is 5.46. The first-order chi connectivity index (χ1) is 12.5. The van der Waals surface area contributed by atoms with Crippen LogP contribution < -0.4 is 9.47 Å². The first kappa shape index (κ1) is 18.3. The van der Waals surface area contributed by atoms with Gasteiger partial charge in [0.1, 0.15) is 0 Å². The van der Waals surface area contributed by atoms with E-state index in [1.165, 1.54) is 18.2 Å². The summed E-state index contributed by atoms with van der Waals surface area (Å²) in [5.74, 6) is -1.63. The summed E-state index contributed by atoms with van der Waals surface area (Å²) < 4.78 is 35.6. The summed E-state index contributed by atoms with van der Waals surface area (Å²) in [6.45, 7) is 0.0517. The average molecular weight is 376 g/mol. The third kappa shape index (κ3) is 4.35. The Bertz CT molecular complexity index is 876. The van der Waals surface area contributed by atoms with Crippen molar-refractivity contribution in [2.45, 2.75) is 24.2 Å². The summed E-state index contributed by atoms with van der Waals surface area (Å²) in [5.41, 5.74) is 1.11. The molecule has 1 aliphatic rings. The van der Waals surface area contributed by atoms with Crippen LogP contribution in [-0.2, 0) is 21.1 Å². The molecule has 0 amide bonds. The molecule has 7 heteroatoms. The Morgan fingerprint density at radius 1 is 1.08 bits per heavy atom. The maximum Gasteiger partial charge on any atom is 0.307 e. The predicted octanol–water partition coefficient (Wildman–Crippen LogP) is 2.91. The molecule has 0 spiro atoms. The van der Waals surface area contributed by atoms with Crippen LogP contribution in [0.4, 0.5) is 0 Å². The summed E-state index contributed by atoms with van der Waals surface area (Å²) in [6.07, 6.45) is 1.63. The Morgan fingerprint density at radius 3 is 2.54 bits per heavy atom. The van der Waals surface area contributed by atoms with Crippen molar-refractivity contribution in [2.24, 2.45) is 5.92 Å². The standard InChI is InChI=1S/C19H20O6S/c20-19(21)15(8-4-7-14-5-2-1-3-6-14)12-26(22,23)16-9-10-17-18(11-16)25-13-24-17/h1-3,5-6,9-11,15H,4,7-8,12-13H2,(H,20,21). The van der Waals surface area contributed by atoms with Gasteiger partial charge in [0.25, 0.3) is 0 Å². The number of hydrogen-bond donors (Lipinski definition) is 1. The van der Waals surface area contributed by atoms with E-state index in [2.05, 4.69) is 0 Å². The smallest absolute Gasteiger partial charge is 0.307 e. The molecule has 0 radical (unpaired) electrons. The van der Waals surface area contributed by atoms with Gasteiger partial charge in [0.2, 0.25) is 6.79 Å². The minimum atomic E-state index is -3.74. The van der Waals surface area contributed by atoms with Gasteiger partial charge in [-0.15, -0.1) is 0 Å². The molecule has 3 rings (SSSR count). The van der Waals surface area contributed by atoms with Gasteiger partial charge in [-0.2, -0.15) is 0 Å². The first-order valence-electron chi connectivity index (χ1n) is 8.35.